The van der Waals surface area contributed by atoms with Crippen molar-refractivity contribution in [2.75, 3.05) is 46.4 Å². The lowest BCUT2D eigenvalue weighted by Gasteiger charge is -2.35. The van der Waals surface area contributed by atoms with Gasteiger partial charge in [0.25, 0.3) is 0 Å². The molecule has 0 bridgehead atoms. The molecule has 2 atom stereocenters. The van der Waals surface area contributed by atoms with Crippen molar-refractivity contribution >= 4 is 29.9 Å². The molecule has 1 saturated heterocycles. The summed E-state index contributed by atoms with van der Waals surface area (Å²) >= 11 is 0. The molecule has 1 aliphatic heterocycles. The van der Waals surface area contributed by atoms with E-state index in [-0.39, 0.29) is 24.0 Å². The zero-order chi connectivity index (χ0) is 18.8. The number of morpholine rings is 1. The van der Waals surface area contributed by atoms with Gasteiger partial charge in [0.05, 0.1) is 13.2 Å². The first-order valence-corrected chi connectivity index (χ1v) is 9.82. The van der Waals surface area contributed by atoms with Crippen LogP contribution in [0.25, 0.3) is 0 Å². The Morgan fingerprint density at radius 3 is 2.48 bits per heavy atom. The molecule has 7 nitrogen and oxygen atoms in total. The molecule has 0 spiro atoms. The van der Waals surface area contributed by atoms with Crippen LogP contribution in [0.2, 0.25) is 0 Å². The highest BCUT2D eigenvalue weighted by atomic mass is 127. The summed E-state index contributed by atoms with van der Waals surface area (Å²) in [6.45, 7) is 13.2. The summed E-state index contributed by atoms with van der Waals surface area (Å²) in [4.78, 5) is 6.93. The zero-order valence-electron chi connectivity index (χ0n) is 17.2. The summed E-state index contributed by atoms with van der Waals surface area (Å²) in [5, 5.41) is 11.2. The largest absolute Gasteiger partial charge is 0.379 e. The monoisotopic (exact) mass is 492 g/mol. The number of ether oxygens (including phenoxy) is 1. The van der Waals surface area contributed by atoms with E-state index in [2.05, 4.69) is 46.4 Å². The lowest BCUT2D eigenvalue weighted by atomic mass is 10.0. The third-order valence-electron chi connectivity index (χ3n) is 4.71. The molecule has 156 valence electrons. The van der Waals surface area contributed by atoms with E-state index in [1.54, 1.807) is 0 Å². The molecule has 0 radical (unpaired) electrons. The number of guanidine groups is 1. The average molecular weight is 492 g/mol. The standard InChI is InChI=1S/C19H36N6O.HI/c1-16(2)12-18(24-8-10-26-11-9-24)14-22-19(20-4)21-13-17(3)15-25-7-5-6-23-25;/h5-7,16-18H,8-15H2,1-4H3,(H2,20,21,22);1H. The molecular formula is C19H37IN6O. The summed E-state index contributed by atoms with van der Waals surface area (Å²) in [5.74, 6) is 2.02. The maximum absolute atomic E-state index is 5.50. The predicted molar refractivity (Wildman–Crippen MR) is 122 cm³/mol. The van der Waals surface area contributed by atoms with Crippen LogP contribution in [0.3, 0.4) is 0 Å². The normalized spacial score (nSPS) is 18.0. The van der Waals surface area contributed by atoms with Gasteiger partial charge in [0, 0.05) is 58.2 Å². The van der Waals surface area contributed by atoms with E-state index < -0.39 is 0 Å². The van der Waals surface area contributed by atoms with Gasteiger partial charge >= 0.3 is 0 Å². The van der Waals surface area contributed by atoms with E-state index in [4.69, 9.17) is 4.74 Å². The predicted octanol–water partition coefficient (Wildman–Crippen LogP) is 2.05. The molecule has 1 aromatic rings. The Bertz CT molecular complexity index is 516. The zero-order valence-corrected chi connectivity index (χ0v) is 19.6. The number of nitrogens with zero attached hydrogens (tertiary/aromatic N) is 4. The fourth-order valence-electron chi connectivity index (χ4n) is 3.35. The molecule has 2 heterocycles. The summed E-state index contributed by atoms with van der Waals surface area (Å²) in [6, 6.07) is 2.47. The van der Waals surface area contributed by atoms with Gasteiger partial charge in [-0.1, -0.05) is 20.8 Å². The minimum Gasteiger partial charge on any atom is -0.379 e. The fourth-order valence-corrected chi connectivity index (χ4v) is 3.35. The minimum absolute atomic E-state index is 0. The molecule has 0 amide bonds. The topological polar surface area (TPSA) is 66.7 Å². The second kappa shape index (κ2) is 13.3. The van der Waals surface area contributed by atoms with E-state index in [1.807, 2.05) is 30.2 Å². The van der Waals surface area contributed by atoms with E-state index in [0.29, 0.717) is 17.9 Å². The number of halogens is 1. The van der Waals surface area contributed by atoms with Crippen molar-refractivity contribution in [3.8, 4) is 0 Å². The molecule has 8 heteroatoms. The van der Waals surface area contributed by atoms with Crippen LogP contribution in [0.15, 0.2) is 23.5 Å². The molecule has 0 aromatic carbocycles. The molecular weight excluding hydrogens is 455 g/mol. The molecule has 2 rings (SSSR count). The maximum Gasteiger partial charge on any atom is 0.191 e. The lowest BCUT2D eigenvalue weighted by molar-refractivity contribution is 0.0132. The molecule has 27 heavy (non-hydrogen) atoms. The molecule has 0 saturated carbocycles. The summed E-state index contributed by atoms with van der Waals surface area (Å²) < 4.78 is 7.48. The Labute approximate surface area is 181 Å². The average Bonchev–Trinajstić information content (AvgIpc) is 3.14. The number of hydrogen-bond donors (Lipinski definition) is 2. The van der Waals surface area contributed by atoms with Crippen LogP contribution in [0.1, 0.15) is 27.2 Å². The second-order valence-corrected chi connectivity index (χ2v) is 7.60. The van der Waals surface area contributed by atoms with Crippen LogP contribution in [0, 0.1) is 11.8 Å². The molecule has 2 N–H and O–H groups in total. The fraction of sp³-hybridized carbons (Fsp3) is 0.789. The SMILES string of the molecule is CN=C(NCC(C)Cn1cccn1)NCC(CC(C)C)N1CCOCC1.I. The lowest BCUT2D eigenvalue weighted by Crippen LogP contribution is -2.51. The van der Waals surface area contributed by atoms with Crippen molar-refractivity contribution < 1.29 is 4.74 Å². The number of aromatic nitrogens is 2. The smallest absolute Gasteiger partial charge is 0.191 e. The third-order valence-corrected chi connectivity index (χ3v) is 4.71. The Balaban J connectivity index is 0.00000364. The highest BCUT2D eigenvalue weighted by Gasteiger charge is 2.22. The van der Waals surface area contributed by atoms with Crippen LogP contribution in [0.4, 0.5) is 0 Å². The highest BCUT2D eigenvalue weighted by molar-refractivity contribution is 14.0. The second-order valence-electron chi connectivity index (χ2n) is 7.60. The van der Waals surface area contributed by atoms with Crippen molar-refractivity contribution in [3.63, 3.8) is 0 Å². The van der Waals surface area contributed by atoms with Gasteiger partial charge < -0.3 is 15.4 Å². The van der Waals surface area contributed by atoms with Crippen LogP contribution in [-0.4, -0.2) is 73.1 Å². The van der Waals surface area contributed by atoms with Crippen LogP contribution >= 0.6 is 24.0 Å². The van der Waals surface area contributed by atoms with Crippen LogP contribution < -0.4 is 10.6 Å². The summed E-state index contributed by atoms with van der Waals surface area (Å²) in [5.41, 5.74) is 0. The first-order valence-electron chi connectivity index (χ1n) is 9.82. The van der Waals surface area contributed by atoms with Crippen LogP contribution in [0.5, 0.6) is 0 Å². The Kier molecular flexibility index (Phi) is 11.9. The van der Waals surface area contributed by atoms with E-state index in [0.717, 1.165) is 51.9 Å². The summed E-state index contributed by atoms with van der Waals surface area (Å²) in [6.07, 6.45) is 5.00. The first-order chi connectivity index (χ1) is 12.6. The van der Waals surface area contributed by atoms with Gasteiger partial charge in [0.15, 0.2) is 5.96 Å². The molecule has 1 fully saturated rings. The van der Waals surface area contributed by atoms with Gasteiger partial charge in [0.1, 0.15) is 0 Å². The molecule has 1 aromatic heterocycles. The van der Waals surface area contributed by atoms with Crippen molar-refractivity contribution in [3.05, 3.63) is 18.5 Å². The van der Waals surface area contributed by atoms with Gasteiger partial charge in [-0.3, -0.25) is 14.6 Å². The Morgan fingerprint density at radius 2 is 1.89 bits per heavy atom. The third kappa shape index (κ3) is 9.25. The van der Waals surface area contributed by atoms with Gasteiger partial charge in [-0.25, -0.2) is 0 Å². The summed E-state index contributed by atoms with van der Waals surface area (Å²) in [7, 11) is 1.83. The van der Waals surface area contributed by atoms with Gasteiger partial charge in [0.2, 0.25) is 0 Å². The number of nitrogens with one attached hydrogen (secondary N) is 2. The number of hydrogen-bond acceptors (Lipinski definition) is 4. The molecule has 0 aliphatic carbocycles. The quantitative estimate of drug-likeness (QED) is 0.314. The highest BCUT2D eigenvalue weighted by Crippen LogP contribution is 2.13. The molecule has 1 aliphatic rings. The molecule has 2 unspecified atom stereocenters. The Hall–Kier alpha value is -0.870. The number of aliphatic imine (C=N–C) groups is 1. The first kappa shape index (κ1) is 24.2. The Morgan fingerprint density at radius 1 is 1.19 bits per heavy atom. The van der Waals surface area contributed by atoms with Crippen LogP contribution in [-0.2, 0) is 11.3 Å². The van der Waals surface area contributed by atoms with E-state index in [1.165, 1.54) is 6.42 Å². The maximum atomic E-state index is 5.50. The van der Waals surface area contributed by atoms with Crippen molar-refractivity contribution in [1.82, 2.24) is 25.3 Å². The van der Waals surface area contributed by atoms with E-state index in [9.17, 15) is 0 Å². The number of rotatable bonds is 9. The van der Waals surface area contributed by atoms with Crippen molar-refractivity contribution in [1.29, 1.82) is 0 Å². The van der Waals surface area contributed by atoms with Crippen molar-refractivity contribution in [2.45, 2.75) is 39.8 Å². The van der Waals surface area contributed by atoms with Crippen molar-refractivity contribution in [2.24, 2.45) is 16.8 Å². The van der Waals surface area contributed by atoms with Gasteiger partial charge in [-0.2, -0.15) is 5.10 Å². The van der Waals surface area contributed by atoms with Gasteiger partial charge in [-0.05, 0) is 24.3 Å². The minimum atomic E-state index is 0. The van der Waals surface area contributed by atoms with E-state index >= 15 is 0 Å². The van der Waals surface area contributed by atoms with Gasteiger partial charge in [-0.15, -0.1) is 24.0 Å².